The van der Waals surface area contributed by atoms with Crippen LogP contribution in [-0.2, 0) is 0 Å². The monoisotopic (exact) mass is 255 g/mol. The van der Waals surface area contributed by atoms with E-state index in [-0.39, 0.29) is 5.91 Å². The fourth-order valence-electron chi connectivity index (χ4n) is 1.41. The molecule has 0 fully saturated rings. The van der Waals surface area contributed by atoms with E-state index in [2.05, 4.69) is 15.5 Å². The quantitative estimate of drug-likeness (QED) is 0.670. The molecule has 0 aliphatic rings. The van der Waals surface area contributed by atoms with Crippen LogP contribution in [0.2, 0.25) is 0 Å². The molecule has 96 valence electrons. The van der Waals surface area contributed by atoms with Crippen molar-refractivity contribution in [3.8, 4) is 5.75 Å². The third kappa shape index (κ3) is 3.64. The first kappa shape index (κ1) is 12.8. The summed E-state index contributed by atoms with van der Waals surface area (Å²) in [6.45, 7) is 0. The van der Waals surface area contributed by atoms with Crippen molar-refractivity contribution in [3.05, 3.63) is 59.9 Å². The molecule has 2 aromatic rings. The Morgan fingerprint density at radius 1 is 1.26 bits per heavy atom. The van der Waals surface area contributed by atoms with Crippen molar-refractivity contribution in [2.75, 3.05) is 7.11 Å². The van der Waals surface area contributed by atoms with E-state index in [1.807, 2.05) is 24.3 Å². The average Bonchev–Trinajstić information content (AvgIpc) is 2.49. The summed E-state index contributed by atoms with van der Waals surface area (Å²) in [7, 11) is 1.61. The topological polar surface area (TPSA) is 63.6 Å². The van der Waals surface area contributed by atoms with Crippen molar-refractivity contribution in [1.29, 1.82) is 0 Å². The Hall–Kier alpha value is -2.69. The number of hydrogen-bond donors (Lipinski definition) is 1. The van der Waals surface area contributed by atoms with Crippen LogP contribution < -0.4 is 10.2 Å². The molecule has 1 aromatic carbocycles. The van der Waals surface area contributed by atoms with E-state index in [1.165, 1.54) is 0 Å². The van der Waals surface area contributed by atoms with Gasteiger partial charge in [0.05, 0.1) is 13.3 Å². The number of nitrogens with one attached hydrogen (secondary N) is 1. The molecule has 0 atom stereocenters. The summed E-state index contributed by atoms with van der Waals surface area (Å²) in [6, 6.07) is 12.4. The van der Waals surface area contributed by atoms with Crippen molar-refractivity contribution in [1.82, 2.24) is 10.4 Å². The normalized spacial score (nSPS) is 10.4. The summed E-state index contributed by atoms with van der Waals surface area (Å²) in [5, 5.41) is 3.87. The highest BCUT2D eigenvalue weighted by atomic mass is 16.5. The van der Waals surface area contributed by atoms with Crippen LogP contribution >= 0.6 is 0 Å². The van der Waals surface area contributed by atoms with E-state index in [0.717, 1.165) is 11.3 Å². The lowest BCUT2D eigenvalue weighted by atomic mass is 10.2. The molecular formula is C14H13N3O2. The lowest BCUT2D eigenvalue weighted by Gasteiger charge is -1.99. The van der Waals surface area contributed by atoms with Crippen LogP contribution in [0.4, 0.5) is 0 Å². The number of carbonyl (C=O) groups is 1. The van der Waals surface area contributed by atoms with Gasteiger partial charge in [0.25, 0.3) is 5.91 Å². The zero-order valence-corrected chi connectivity index (χ0v) is 10.4. The number of rotatable bonds is 4. The molecule has 1 amide bonds. The van der Waals surface area contributed by atoms with Crippen LogP contribution in [0.1, 0.15) is 16.1 Å². The van der Waals surface area contributed by atoms with Crippen LogP contribution in [-0.4, -0.2) is 24.2 Å². The molecule has 0 saturated heterocycles. The van der Waals surface area contributed by atoms with E-state index in [4.69, 9.17) is 4.74 Å². The van der Waals surface area contributed by atoms with Gasteiger partial charge in [-0.15, -0.1) is 0 Å². The third-order valence-corrected chi connectivity index (χ3v) is 2.39. The fourth-order valence-corrected chi connectivity index (χ4v) is 1.41. The Balaban J connectivity index is 1.94. The first-order valence-corrected chi connectivity index (χ1v) is 5.68. The molecule has 5 heteroatoms. The van der Waals surface area contributed by atoms with Crippen molar-refractivity contribution < 1.29 is 9.53 Å². The summed E-state index contributed by atoms with van der Waals surface area (Å²) < 4.78 is 5.05. The molecule has 19 heavy (non-hydrogen) atoms. The number of carbonyl (C=O) groups excluding carboxylic acids is 1. The van der Waals surface area contributed by atoms with Gasteiger partial charge in [-0.3, -0.25) is 9.78 Å². The van der Waals surface area contributed by atoms with E-state index in [0.29, 0.717) is 5.69 Å². The third-order valence-electron chi connectivity index (χ3n) is 2.39. The van der Waals surface area contributed by atoms with Gasteiger partial charge in [0.15, 0.2) is 0 Å². The van der Waals surface area contributed by atoms with Gasteiger partial charge < -0.3 is 4.74 Å². The van der Waals surface area contributed by atoms with E-state index in [1.54, 1.807) is 37.7 Å². The molecule has 0 aliphatic carbocycles. The molecule has 1 N–H and O–H groups in total. The van der Waals surface area contributed by atoms with Gasteiger partial charge in [-0.25, -0.2) is 5.43 Å². The lowest BCUT2D eigenvalue weighted by molar-refractivity contribution is 0.0950. The Morgan fingerprint density at radius 3 is 2.68 bits per heavy atom. The maximum atomic E-state index is 11.6. The number of methoxy groups -OCH3 is 1. The first-order valence-electron chi connectivity index (χ1n) is 5.68. The molecule has 1 aromatic heterocycles. The molecule has 0 aliphatic heterocycles. The smallest absolute Gasteiger partial charge is 0.289 e. The standard InChI is InChI=1S/C14H13N3O2/c1-19-12-7-5-11(6-8-12)10-16-17-14(18)13-4-2-3-9-15-13/h2-10H,1H3,(H,17,18). The average molecular weight is 255 g/mol. The SMILES string of the molecule is COc1ccc(C=NNC(=O)c2ccccn2)cc1. The van der Waals surface area contributed by atoms with Crippen LogP contribution in [0, 0.1) is 0 Å². The Morgan fingerprint density at radius 2 is 2.05 bits per heavy atom. The van der Waals surface area contributed by atoms with Gasteiger partial charge in [0.2, 0.25) is 0 Å². The van der Waals surface area contributed by atoms with Gasteiger partial charge in [0, 0.05) is 6.20 Å². The van der Waals surface area contributed by atoms with Crippen molar-refractivity contribution >= 4 is 12.1 Å². The zero-order valence-electron chi connectivity index (χ0n) is 10.4. The number of ether oxygens (including phenoxy) is 1. The highest BCUT2D eigenvalue weighted by Crippen LogP contribution is 2.09. The molecular weight excluding hydrogens is 242 g/mol. The van der Waals surface area contributed by atoms with Gasteiger partial charge >= 0.3 is 0 Å². The number of aromatic nitrogens is 1. The second-order valence-corrected chi connectivity index (χ2v) is 3.69. The summed E-state index contributed by atoms with van der Waals surface area (Å²) in [5.41, 5.74) is 3.60. The molecule has 0 radical (unpaired) electrons. The van der Waals surface area contributed by atoms with Crippen LogP contribution in [0.15, 0.2) is 53.8 Å². The minimum Gasteiger partial charge on any atom is -0.497 e. The summed E-state index contributed by atoms with van der Waals surface area (Å²) in [5.74, 6) is 0.431. The molecule has 0 bridgehead atoms. The van der Waals surface area contributed by atoms with Crippen LogP contribution in [0.25, 0.3) is 0 Å². The van der Waals surface area contributed by atoms with Crippen molar-refractivity contribution in [2.24, 2.45) is 5.10 Å². The zero-order chi connectivity index (χ0) is 13.5. The largest absolute Gasteiger partial charge is 0.497 e. The molecule has 5 nitrogen and oxygen atoms in total. The van der Waals surface area contributed by atoms with Crippen molar-refractivity contribution in [3.63, 3.8) is 0 Å². The van der Waals surface area contributed by atoms with E-state index < -0.39 is 0 Å². The summed E-state index contributed by atoms with van der Waals surface area (Å²) in [4.78, 5) is 15.6. The number of benzene rings is 1. The minimum atomic E-state index is -0.342. The maximum absolute atomic E-state index is 11.6. The number of amides is 1. The van der Waals surface area contributed by atoms with Gasteiger partial charge in [0.1, 0.15) is 11.4 Å². The molecule has 2 rings (SSSR count). The highest BCUT2D eigenvalue weighted by molar-refractivity contribution is 5.93. The van der Waals surface area contributed by atoms with Gasteiger partial charge in [-0.2, -0.15) is 5.10 Å². The molecule has 0 spiro atoms. The number of hydrogen-bond acceptors (Lipinski definition) is 4. The summed E-state index contributed by atoms with van der Waals surface area (Å²) in [6.07, 6.45) is 3.11. The summed E-state index contributed by atoms with van der Waals surface area (Å²) >= 11 is 0. The van der Waals surface area contributed by atoms with Crippen LogP contribution in [0.3, 0.4) is 0 Å². The van der Waals surface area contributed by atoms with Crippen molar-refractivity contribution in [2.45, 2.75) is 0 Å². The van der Waals surface area contributed by atoms with Gasteiger partial charge in [-0.05, 0) is 42.0 Å². The van der Waals surface area contributed by atoms with E-state index in [9.17, 15) is 4.79 Å². The van der Waals surface area contributed by atoms with E-state index >= 15 is 0 Å². The first-order chi connectivity index (χ1) is 9.29. The fraction of sp³-hybridized carbons (Fsp3) is 0.0714. The number of pyridine rings is 1. The predicted octanol–water partition coefficient (Wildman–Crippen LogP) is 1.85. The highest BCUT2D eigenvalue weighted by Gasteiger charge is 2.03. The molecule has 1 heterocycles. The number of nitrogens with zero attached hydrogens (tertiary/aromatic N) is 2. The lowest BCUT2D eigenvalue weighted by Crippen LogP contribution is -2.18. The molecule has 0 unspecified atom stereocenters. The molecule has 0 saturated carbocycles. The number of hydrazone groups is 1. The minimum absolute atomic E-state index is 0.328. The Bertz CT molecular complexity index is 565. The maximum Gasteiger partial charge on any atom is 0.289 e. The van der Waals surface area contributed by atoms with Crippen LogP contribution in [0.5, 0.6) is 5.75 Å². The second kappa shape index (κ2) is 6.30. The Kier molecular flexibility index (Phi) is 4.23. The Labute approximate surface area is 110 Å². The second-order valence-electron chi connectivity index (χ2n) is 3.69. The predicted molar refractivity (Wildman–Crippen MR) is 72.3 cm³/mol. The van der Waals surface area contributed by atoms with Gasteiger partial charge in [-0.1, -0.05) is 6.07 Å².